The lowest BCUT2D eigenvalue weighted by molar-refractivity contribution is 0.100. The number of benzene rings is 4. The van der Waals surface area contributed by atoms with Crippen molar-refractivity contribution in [3.8, 4) is 40.3 Å². The molecule has 1 N–H and O–H groups in total. The Bertz CT molecular complexity index is 2210. The molecule has 0 saturated heterocycles. The molecule has 1 amide bonds. The number of alkyl halides is 2. The molecule has 0 radical (unpaired) electrons. The second-order valence-corrected chi connectivity index (χ2v) is 11.4. The van der Waals surface area contributed by atoms with Crippen molar-refractivity contribution >= 4 is 45.9 Å². The Labute approximate surface area is 277 Å². The highest BCUT2D eigenvalue weighted by Gasteiger charge is 2.25. The summed E-state index contributed by atoms with van der Waals surface area (Å²) in [4.78, 5) is 23.2. The Morgan fingerprint density at radius 2 is 1.74 bits per heavy atom. The molecule has 0 saturated carbocycles. The van der Waals surface area contributed by atoms with Crippen LogP contribution in [-0.2, 0) is 0 Å². The topological polar surface area (TPSA) is 119 Å². The zero-order chi connectivity index (χ0) is 33.7. The second-order valence-electron chi connectivity index (χ2n) is 9.96. The van der Waals surface area contributed by atoms with Crippen LogP contribution in [-0.4, -0.2) is 15.0 Å². The van der Waals surface area contributed by atoms with Crippen LogP contribution >= 0.6 is 23.5 Å². The SMILES string of the molecule is C=C/C=C\C(C#N)=C(/C#N)c1c(-c2cccc(-c3ccc(C(=O)N=O)cc3Cl)c2)n(Sc2ccc(C(F)F)cc2)c2ccc(O)cc12. The van der Waals surface area contributed by atoms with E-state index in [4.69, 9.17) is 11.6 Å². The number of phenols is 1. The van der Waals surface area contributed by atoms with Crippen molar-refractivity contribution < 1.29 is 18.7 Å². The molecule has 0 atom stereocenters. The van der Waals surface area contributed by atoms with Gasteiger partial charge in [0, 0.05) is 48.3 Å². The van der Waals surface area contributed by atoms with Gasteiger partial charge in [-0.25, -0.2) is 8.78 Å². The van der Waals surface area contributed by atoms with Crippen molar-refractivity contribution in [2.24, 2.45) is 5.18 Å². The smallest absolute Gasteiger partial charge is 0.316 e. The largest absolute Gasteiger partial charge is 0.508 e. The van der Waals surface area contributed by atoms with Crippen LogP contribution in [0.2, 0.25) is 5.02 Å². The van der Waals surface area contributed by atoms with Gasteiger partial charge in [0.1, 0.15) is 17.9 Å². The molecule has 0 aliphatic carbocycles. The quantitative estimate of drug-likeness (QED) is 0.0953. The maximum absolute atomic E-state index is 13.3. The fraction of sp³-hybridized carbons (Fsp3) is 0.0278. The Kier molecular flexibility index (Phi) is 9.77. The van der Waals surface area contributed by atoms with Gasteiger partial charge in [-0.3, -0.25) is 8.77 Å². The summed E-state index contributed by atoms with van der Waals surface area (Å²) < 4.78 is 28.4. The van der Waals surface area contributed by atoms with Gasteiger partial charge in [-0.1, -0.05) is 66.7 Å². The van der Waals surface area contributed by atoms with Crippen LogP contribution in [0.15, 0.2) is 125 Å². The third-order valence-electron chi connectivity index (χ3n) is 7.13. The number of nitriles is 2. The van der Waals surface area contributed by atoms with Crippen molar-refractivity contribution in [2.45, 2.75) is 11.3 Å². The van der Waals surface area contributed by atoms with Gasteiger partial charge in [-0.2, -0.15) is 10.5 Å². The molecule has 0 aliphatic rings. The fourth-order valence-electron chi connectivity index (χ4n) is 5.00. The molecular weight excluding hydrogens is 642 g/mol. The molecule has 1 aromatic heterocycles. The van der Waals surface area contributed by atoms with E-state index in [2.05, 4.69) is 23.9 Å². The Morgan fingerprint density at radius 3 is 2.38 bits per heavy atom. The third kappa shape index (κ3) is 6.61. The Morgan fingerprint density at radius 1 is 1.00 bits per heavy atom. The first kappa shape index (κ1) is 32.6. The molecule has 1 heterocycles. The van der Waals surface area contributed by atoms with Crippen LogP contribution in [0.3, 0.4) is 0 Å². The number of aromatic nitrogens is 1. The van der Waals surface area contributed by atoms with E-state index in [9.17, 15) is 34.1 Å². The summed E-state index contributed by atoms with van der Waals surface area (Å²) in [5, 5.41) is 34.2. The van der Waals surface area contributed by atoms with Gasteiger partial charge in [0.05, 0.1) is 22.4 Å². The van der Waals surface area contributed by atoms with Crippen molar-refractivity contribution in [3.63, 3.8) is 0 Å². The maximum Gasteiger partial charge on any atom is 0.316 e. The molecule has 4 aromatic carbocycles. The number of nitrogens with zero attached hydrogens (tertiary/aromatic N) is 4. The number of carbonyl (C=O) groups excluding carboxylic acids is 1. The number of phenolic OH excluding ortho intramolecular Hbond substituents is 1. The molecule has 47 heavy (non-hydrogen) atoms. The van der Waals surface area contributed by atoms with E-state index in [1.54, 1.807) is 48.5 Å². The highest BCUT2D eigenvalue weighted by molar-refractivity contribution is 7.98. The van der Waals surface area contributed by atoms with E-state index < -0.39 is 12.3 Å². The van der Waals surface area contributed by atoms with Crippen LogP contribution in [0, 0.1) is 27.6 Å². The number of fused-ring (bicyclic) bond motifs is 1. The Balaban J connectivity index is 1.84. The second kappa shape index (κ2) is 14.1. The molecule has 0 unspecified atom stereocenters. The van der Waals surface area contributed by atoms with Crippen LogP contribution in [0.25, 0.3) is 38.9 Å². The standard InChI is InChI=1S/C36H21ClF2N4O3S/c1-2-3-5-25(19-40)30(20-41)33-29-18-26(44)11-15-32(29)43(47-27-12-8-21(9-13-27)35(38)39)34(33)23-7-4-6-22(16-23)28-14-10-24(17-31(28)37)36(45)42-46/h2-18,35,44H,1H2/b5-3-,30-25-. The van der Waals surface area contributed by atoms with E-state index in [1.165, 1.54) is 66.6 Å². The summed E-state index contributed by atoms with van der Waals surface area (Å²) in [6, 6.07) is 26.2. The zero-order valence-electron chi connectivity index (χ0n) is 24.2. The average Bonchev–Trinajstić information content (AvgIpc) is 3.38. The molecule has 11 heteroatoms. The van der Waals surface area contributed by atoms with Crippen LogP contribution in [0.1, 0.15) is 27.9 Å². The molecule has 0 bridgehead atoms. The maximum atomic E-state index is 13.3. The van der Waals surface area contributed by atoms with Gasteiger partial charge in [0.15, 0.2) is 0 Å². The van der Waals surface area contributed by atoms with E-state index in [1.807, 2.05) is 3.97 Å². The number of amides is 1. The average molecular weight is 663 g/mol. The van der Waals surface area contributed by atoms with Gasteiger partial charge in [-0.05, 0) is 72.1 Å². The molecule has 0 aliphatic heterocycles. The first-order chi connectivity index (χ1) is 22.7. The normalized spacial score (nSPS) is 11.7. The molecule has 5 aromatic rings. The number of halogens is 3. The van der Waals surface area contributed by atoms with Crippen molar-refractivity contribution in [1.29, 1.82) is 10.5 Å². The number of aromatic hydroxyl groups is 1. The lowest BCUT2D eigenvalue weighted by Gasteiger charge is -2.14. The molecule has 230 valence electrons. The monoisotopic (exact) mass is 662 g/mol. The Hall–Kier alpha value is -5.81. The number of rotatable bonds is 9. The van der Waals surface area contributed by atoms with Gasteiger partial charge in [-0.15, -0.1) is 4.91 Å². The minimum absolute atomic E-state index is 0.0243. The van der Waals surface area contributed by atoms with Gasteiger partial charge in [0.2, 0.25) is 0 Å². The summed E-state index contributed by atoms with van der Waals surface area (Å²) in [7, 11) is 0. The molecule has 0 fully saturated rings. The van der Waals surface area contributed by atoms with Crippen molar-refractivity contribution in [2.75, 3.05) is 0 Å². The number of nitroso groups, excluding NO2 is 1. The predicted octanol–water partition coefficient (Wildman–Crippen LogP) is 10.3. The summed E-state index contributed by atoms with van der Waals surface area (Å²) in [5.74, 6) is -1.04. The van der Waals surface area contributed by atoms with Gasteiger partial charge in [0.25, 0.3) is 6.43 Å². The predicted molar refractivity (Wildman–Crippen MR) is 180 cm³/mol. The minimum atomic E-state index is -2.64. The zero-order valence-corrected chi connectivity index (χ0v) is 25.8. The van der Waals surface area contributed by atoms with Gasteiger partial charge >= 0.3 is 5.91 Å². The summed E-state index contributed by atoms with van der Waals surface area (Å²) in [6.45, 7) is 3.65. The summed E-state index contributed by atoms with van der Waals surface area (Å²) in [6.07, 6.45) is 1.82. The number of hydrogen-bond donors (Lipinski definition) is 1. The number of allylic oxidation sites excluding steroid dienone is 5. The summed E-state index contributed by atoms with van der Waals surface area (Å²) in [5.41, 5.74) is 3.09. The van der Waals surface area contributed by atoms with Crippen molar-refractivity contribution in [3.05, 3.63) is 142 Å². The first-order valence-electron chi connectivity index (χ1n) is 13.8. The number of hydrogen-bond acceptors (Lipinski definition) is 6. The minimum Gasteiger partial charge on any atom is -0.508 e. The van der Waals surface area contributed by atoms with E-state index in [0.717, 1.165) is 0 Å². The van der Waals surface area contributed by atoms with Crippen LogP contribution < -0.4 is 0 Å². The third-order valence-corrected chi connectivity index (χ3v) is 8.49. The lowest BCUT2D eigenvalue weighted by atomic mass is 9.93. The molecular formula is C36H21ClF2N4O3S. The lowest BCUT2D eigenvalue weighted by Crippen LogP contribution is -1.96. The summed E-state index contributed by atoms with van der Waals surface area (Å²) >= 11 is 7.74. The van der Waals surface area contributed by atoms with Crippen LogP contribution in [0.4, 0.5) is 8.78 Å². The first-order valence-corrected chi connectivity index (χ1v) is 14.9. The number of carbonyl (C=O) groups is 1. The van der Waals surface area contributed by atoms with Gasteiger partial charge < -0.3 is 5.11 Å². The molecule has 7 nitrogen and oxygen atoms in total. The highest BCUT2D eigenvalue weighted by atomic mass is 35.5. The van der Waals surface area contributed by atoms with E-state index >= 15 is 0 Å². The highest BCUT2D eigenvalue weighted by Crippen LogP contribution is 2.45. The molecule has 0 spiro atoms. The molecule has 5 rings (SSSR count). The van der Waals surface area contributed by atoms with Crippen LogP contribution in [0.5, 0.6) is 5.75 Å². The van der Waals surface area contributed by atoms with Crippen molar-refractivity contribution in [1.82, 2.24) is 3.97 Å². The fourth-order valence-corrected chi connectivity index (χ4v) is 6.30. The van der Waals surface area contributed by atoms with E-state index in [0.29, 0.717) is 43.7 Å². The van der Waals surface area contributed by atoms with E-state index in [-0.39, 0.29) is 33.0 Å².